The van der Waals surface area contributed by atoms with E-state index in [4.69, 9.17) is 9.47 Å². The van der Waals surface area contributed by atoms with Gasteiger partial charge in [-0.2, -0.15) is 10.1 Å². The first-order valence-corrected chi connectivity index (χ1v) is 10.7. The number of amides is 2. The molecule has 3 fully saturated rings. The van der Waals surface area contributed by atoms with Gasteiger partial charge in [0, 0.05) is 0 Å². The second kappa shape index (κ2) is 6.30. The lowest BCUT2D eigenvalue weighted by Gasteiger charge is -2.18. The molecule has 1 heterocycles. The molecule has 7 heteroatoms. The van der Waals surface area contributed by atoms with Crippen LogP contribution >= 0.6 is 22.6 Å². The van der Waals surface area contributed by atoms with Crippen LogP contribution in [0.15, 0.2) is 29.4 Å². The number of fused-ring (bicyclic) bond motifs is 3. The van der Waals surface area contributed by atoms with E-state index in [-0.39, 0.29) is 40.9 Å². The molecular formula is C21H21IN2O4. The van der Waals surface area contributed by atoms with E-state index in [1.165, 1.54) is 0 Å². The maximum Gasteiger partial charge on any atom is 0.254 e. The average molecular weight is 492 g/mol. The van der Waals surface area contributed by atoms with Crippen LogP contribution in [0.4, 0.5) is 0 Å². The second-order valence-electron chi connectivity index (χ2n) is 7.92. The Hall–Kier alpha value is -1.90. The largest absolute Gasteiger partial charge is 0.493 e. The van der Waals surface area contributed by atoms with Crippen molar-refractivity contribution in [2.45, 2.75) is 19.8 Å². The molecule has 1 aromatic carbocycles. The van der Waals surface area contributed by atoms with Crippen LogP contribution in [0.3, 0.4) is 0 Å². The number of halogens is 1. The standard InChI is InChI=1S/C21H21IN2O4/c1-3-28-18-14(22)8-11(9-15(18)27-2)10-23-24-19(25)16-12-4-5-13(17(16)20(24)26)21(12)6-7-21/h4-5,8-10,12-13,16-17H,3,6-7H2,1-2H3/b23-10-/t12-,13-,16+,17+/m1/s1. The molecule has 146 valence electrons. The summed E-state index contributed by atoms with van der Waals surface area (Å²) >= 11 is 2.18. The SMILES string of the molecule is CCOc1c(I)cc(/C=N\N2C(=O)[C@@H]3[C@@H](C2=O)[C@H]2C=C[C@H]3C23CC3)cc1OC. The zero-order chi connectivity index (χ0) is 19.6. The summed E-state index contributed by atoms with van der Waals surface area (Å²) in [6, 6.07) is 3.70. The molecule has 1 saturated heterocycles. The molecule has 4 atom stereocenters. The van der Waals surface area contributed by atoms with Gasteiger partial charge in [-0.15, -0.1) is 0 Å². The number of benzene rings is 1. The molecule has 0 N–H and O–H groups in total. The molecule has 1 spiro atoms. The zero-order valence-electron chi connectivity index (χ0n) is 15.7. The van der Waals surface area contributed by atoms with Crippen LogP contribution in [0.2, 0.25) is 0 Å². The van der Waals surface area contributed by atoms with Crippen molar-refractivity contribution in [2.24, 2.45) is 34.2 Å². The third kappa shape index (κ3) is 2.34. The van der Waals surface area contributed by atoms with Crippen LogP contribution in [0.25, 0.3) is 0 Å². The summed E-state index contributed by atoms with van der Waals surface area (Å²) in [5, 5.41) is 5.37. The van der Waals surface area contributed by atoms with Gasteiger partial charge in [0.25, 0.3) is 11.8 Å². The molecule has 0 unspecified atom stereocenters. The van der Waals surface area contributed by atoms with E-state index < -0.39 is 0 Å². The van der Waals surface area contributed by atoms with Crippen molar-refractivity contribution in [2.75, 3.05) is 13.7 Å². The molecule has 2 bridgehead atoms. The topological polar surface area (TPSA) is 68.2 Å². The Kier molecular flexibility index (Phi) is 4.08. The number of carbonyl (C=O) groups excluding carboxylic acids is 2. The van der Waals surface area contributed by atoms with Crippen molar-refractivity contribution in [3.05, 3.63) is 33.4 Å². The number of nitrogens with zero attached hydrogens (tertiary/aromatic N) is 2. The molecule has 4 aliphatic rings. The Morgan fingerprint density at radius 2 is 1.86 bits per heavy atom. The predicted octanol–water partition coefficient (Wildman–Crippen LogP) is 3.23. The summed E-state index contributed by atoms with van der Waals surface area (Å²) in [6.45, 7) is 2.46. The van der Waals surface area contributed by atoms with Gasteiger partial charge in [-0.25, -0.2) is 0 Å². The first kappa shape index (κ1) is 18.1. The number of hydrazone groups is 1. The lowest BCUT2D eigenvalue weighted by molar-refractivity contribution is -0.141. The highest BCUT2D eigenvalue weighted by molar-refractivity contribution is 14.1. The minimum atomic E-state index is -0.225. The van der Waals surface area contributed by atoms with Gasteiger partial charge in [0.1, 0.15) is 0 Å². The van der Waals surface area contributed by atoms with Crippen LogP contribution in [-0.2, 0) is 9.59 Å². The summed E-state index contributed by atoms with van der Waals surface area (Å²) < 4.78 is 11.9. The predicted molar refractivity (Wildman–Crippen MR) is 111 cm³/mol. The van der Waals surface area contributed by atoms with E-state index >= 15 is 0 Å². The van der Waals surface area contributed by atoms with E-state index in [9.17, 15) is 9.59 Å². The minimum Gasteiger partial charge on any atom is -0.493 e. The molecule has 3 aliphatic carbocycles. The summed E-state index contributed by atoms with van der Waals surface area (Å²) in [5.41, 5.74) is 0.955. The van der Waals surface area contributed by atoms with E-state index in [0.29, 0.717) is 18.1 Å². The Morgan fingerprint density at radius 1 is 1.21 bits per heavy atom. The fraction of sp³-hybridized carbons (Fsp3) is 0.476. The highest BCUT2D eigenvalue weighted by Crippen LogP contribution is 2.73. The normalized spacial score (nSPS) is 31.3. The van der Waals surface area contributed by atoms with Gasteiger partial charge in [-0.3, -0.25) is 9.59 Å². The number of rotatable bonds is 5. The maximum atomic E-state index is 13.0. The lowest BCUT2D eigenvalue weighted by Crippen LogP contribution is -2.30. The van der Waals surface area contributed by atoms with Gasteiger partial charge < -0.3 is 9.47 Å². The van der Waals surface area contributed by atoms with Crippen molar-refractivity contribution < 1.29 is 19.1 Å². The number of methoxy groups -OCH3 is 1. The number of allylic oxidation sites excluding steroid dienone is 2. The highest BCUT2D eigenvalue weighted by atomic mass is 127. The Bertz CT molecular complexity index is 903. The minimum absolute atomic E-state index is 0.151. The van der Waals surface area contributed by atoms with Crippen LogP contribution in [0, 0.1) is 32.7 Å². The monoisotopic (exact) mass is 492 g/mol. The van der Waals surface area contributed by atoms with Crippen LogP contribution in [0.1, 0.15) is 25.3 Å². The number of hydrogen-bond acceptors (Lipinski definition) is 5. The quantitative estimate of drug-likeness (QED) is 0.274. The van der Waals surface area contributed by atoms with E-state index in [1.807, 2.05) is 13.0 Å². The molecule has 28 heavy (non-hydrogen) atoms. The Morgan fingerprint density at radius 3 is 2.39 bits per heavy atom. The first-order valence-electron chi connectivity index (χ1n) is 9.62. The summed E-state index contributed by atoms with van der Waals surface area (Å²) in [6.07, 6.45) is 8.15. The molecule has 1 aliphatic heterocycles. The second-order valence-corrected chi connectivity index (χ2v) is 9.08. The number of hydrogen-bond donors (Lipinski definition) is 0. The third-order valence-corrected chi connectivity index (χ3v) is 7.49. The zero-order valence-corrected chi connectivity index (χ0v) is 17.9. The molecule has 0 radical (unpaired) electrons. The van der Waals surface area contributed by atoms with E-state index in [0.717, 1.165) is 27.0 Å². The summed E-state index contributed by atoms with van der Waals surface area (Å²) in [4.78, 5) is 25.9. The Balaban J connectivity index is 1.40. The van der Waals surface area contributed by atoms with Crippen molar-refractivity contribution in [1.29, 1.82) is 0 Å². The molecule has 2 amide bonds. The van der Waals surface area contributed by atoms with Crippen LogP contribution in [-0.4, -0.2) is 36.8 Å². The van der Waals surface area contributed by atoms with Crippen molar-refractivity contribution in [3.8, 4) is 11.5 Å². The first-order chi connectivity index (χ1) is 13.5. The molecule has 5 rings (SSSR count). The Labute approximate surface area is 177 Å². The molecule has 6 nitrogen and oxygen atoms in total. The van der Waals surface area contributed by atoms with Gasteiger partial charge in [-0.05, 0) is 77.3 Å². The summed E-state index contributed by atoms with van der Waals surface area (Å²) in [7, 11) is 1.58. The maximum absolute atomic E-state index is 13.0. The smallest absolute Gasteiger partial charge is 0.254 e. The van der Waals surface area contributed by atoms with Crippen LogP contribution in [0.5, 0.6) is 11.5 Å². The number of imide groups is 1. The summed E-state index contributed by atoms with van der Waals surface area (Å²) in [5.74, 6) is 0.960. The fourth-order valence-electron chi connectivity index (χ4n) is 5.40. The van der Waals surface area contributed by atoms with Gasteiger partial charge in [0.15, 0.2) is 11.5 Å². The van der Waals surface area contributed by atoms with E-state index in [2.05, 4.69) is 39.8 Å². The molecule has 1 aromatic rings. The van der Waals surface area contributed by atoms with Crippen molar-refractivity contribution >= 4 is 40.6 Å². The third-order valence-electron chi connectivity index (χ3n) is 6.69. The number of ether oxygens (including phenoxy) is 2. The van der Waals surface area contributed by atoms with E-state index in [1.54, 1.807) is 19.4 Å². The molecular weight excluding hydrogens is 471 g/mol. The van der Waals surface area contributed by atoms with Crippen LogP contribution < -0.4 is 9.47 Å². The molecule has 0 aromatic heterocycles. The lowest BCUT2D eigenvalue weighted by atomic mass is 9.85. The highest BCUT2D eigenvalue weighted by Gasteiger charge is 2.73. The fourth-order valence-corrected chi connectivity index (χ4v) is 6.18. The van der Waals surface area contributed by atoms with Crippen molar-refractivity contribution in [3.63, 3.8) is 0 Å². The van der Waals surface area contributed by atoms with Gasteiger partial charge >= 0.3 is 0 Å². The number of carbonyl (C=O) groups is 2. The van der Waals surface area contributed by atoms with Crippen molar-refractivity contribution in [1.82, 2.24) is 5.01 Å². The van der Waals surface area contributed by atoms with Gasteiger partial charge in [-0.1, -0.05) is 12.2 Å². The molecule has 2 saturated carbocycles. The van der Waals surface area contributed by atoms with Gasteiger partial charge in [0.05, 0.1) is 35.3 Å². The average Bonchev–Trinajstić information content (AvgIpc) is 3.28. The van der Waals surface area contributed by atoms with Gasteiger partial charge in [0.2, 0.25) is 0 Å².